The van der Waals surface area contributed by atoms with Gasteiger partial charge >= 0.3 is 0 Å². The van der Waals surface area contributed by atoms with Crippen LogP contribution in [0.15, 0.2) is 72.8 Å². The molecule has 0 fully saturated rings. The zero-order chi connectivity index (χ0) is 25.7. The van der Waals surface area contributed by atoms with Gasteiger partial charge in [0.2, 0.25) is 0 Å². The molecule has 0 aromatic heterocycles. The van der Waals surface area contributed by atoms with Crippen LogP contribution in [-0.2, 0) is 0 Å². The molecule has 0 bridgehead atoms. The van der Waals surface area contributed by atoms with Crippen molar-refractivity contribution < 1.29 is 0 Å². The fourth-order valence-corrected chi connectivity index (χ4v) is 8.97. The molecule has 4 aromatic rings. The standard InChI is InChI=1S/C30H12I6/c31-25-10-22(11-26(32)16-25)4-1-19-7-20(2-5-23-12-27(33)17-28(34)13-23)9-21(8-19)3-6-24-14-29(35)18-30(36)15-24/h7-18H. The van der Waals surface area contributed by atoms with E-state index < -0.39 is 0 Å². The second-order valence-electron chi connectivity index (χ2n) is 7.52. The summed E-state index contributed by atoms with van der Waals surface area (Å²) in [7, 11) is 0. The number of hydrogen-bond acceptors (Lipinski definition) is 0. The Morgan fingerprint density at radius 1 is 0.250 bits per heavy atom. The Labute approximate surface area is 293 Å². The molecule has 0 spiro atoms. The molecular formula is C30H12I6. The fraction of sp³-hybridized carbons (Fsp3) is 0. The Morgan fingerprint density at radius 3 is 0.611 bits per heavy atom. The van der Waals surface area contributed by atoms with Gasteiger partial charge in [-0.25, -0.2) is 0 Å². The number of halogens is 6. The maximum absolute atomic E-state index is 3.33. The maximum Gasteiger partial charge on any atom is 0.0273 e. The summed E-state index contributed by atoms with van der Waals surface area (Å²) in [6.07, 6.45) is 0. The first-order valence-corrected chi connectivity index (χ1v) is 16.8. The molecule has 0 heterocycles. The second-order valence-corrected chi connectivity index (χ2v) is 15.0. The Bertz CT molecular complexity index is 1400. The van der Waals surface area contributed by atoms with Crippen LogP contribution in [0, 0.1) is 56.9 Å². The van der Waals surface area contributed by atoms with Gasteiger partial charge in [-0.1, -0.05) is 35.5 Å². The summed E-state index contributed by atoms with van der Waals surface area (Å²) in [5.41, 5.74) is 5.69. The molecule has 4 aromatic carbocycles. The monoisotopic (exact) mass is 1130 g/mol. The van der Waals surface area contributed by atoms with Crippen LogP contribution in [0.2, 0.25) is 0 Å². The summed E-state index contributed by atoms with van der Waals surface area (Å²) < 4.78 is 7.05. The highest BCUT2D eigenvalue weighted by molar-refractivity contribution is 14.1. The van der Waals surface area contributed by atoms with Gasteiger partial charge < -0.3 is 0 Å². The highest BCUT2D eigenvalue weighted by atomic mass is 127. The van der Waals surface area contributed by atoms with Crippen LogP contribution >= 0.6 is 136 Å². The third-order valence-electron chi connectivity index (χ3n) is 4.57. The highest BCUT2D eigenvalue weighted by Gasteiger charge is 2.00. The summed E-state index contributed by atoms with van der Waals surface area (Å²) in [6.45, 7) is 0. The normalized spacial score (nSPS) is 9.83. The van der Waals surface area contributed by atoms with Crippen molar-refractivity contribution in [3.8, 4) is 35.5 Å². The third-order valence-corrected chi connectivity index (χ3v) is 8.31. The molecule has 36 heavy (non-hydrogen) atoms. The van der Waals surface area contributed by atoms with Gasteiger partial charge in [-0.15, -0.1) is 0 Å². The Balaban J connectivity index is 1.76. The van der Waals surface area contributed by atoms with Gasteiger partial charge in [0.1, 0.15) is 0 Å². The summed E-state index contributed by atoms with van der Waals surface area (Å²) in [5.74, 6) is 19.9. The Kier molecular flexibility index (Phi) is 11.1. The molecular weight excluding hydrogens is 1120 g/mol. The van der Waals surface area contributed by atoms with Crippen molar-refractivity contribution in [1.82, 2.24) is 0 Å². The molecule has 0 radical (unpaired) electrons. The number of hydrogen-bond donors (Lipinski definition) is 0. The Morgan fingerprint density at radius 2 is 0.417 bits per heavy atom. The SMILES string of the molecule is Ic1cc(I)cc(C#Cc2cc(C#Cc3cc(I)cc(I)c3)cc(C#Cc3cc(I)cc(I)c3)c2)c1. The van der Waals surface area contributed by atoms with E-state index in [0.717, 1.165) is 33.4 Å². The molecule has 0 nitrogen and oxygen atoms in total. The van der Waals surface area contributed by atoms with Crippen LogP contribution in [0.4, 0.5) is 0 Å². The topological polar surface area (TPSA) is 0 Å². The van der Waals surface area contributed by atoms with E-state index in [2.05, 4.69) is 226 Å². The van der Waals surface area contributed by atoms with Gasteiger partial charge in [0.05, 0.1) is 0 Å². The fourth-order valence-electron chi connectivity index (χ4n) is 3.16. The molecule has 0 aliphatic carbocycles. The predicted molar refractivity (Wildman–Crippen MR) is 200 cm³/mol. The molecule has 6 heteroatoms. The molecule has 0 N–H and O–H groups in total. The first-order valence-electron chi connectivity index (χ1n) is 10.3. The molecule has 0 saturated heterocycles. The minimum absolute atomic E-state index is 0.898. The zero-order valence-corrected chi connectivity index (χ0v) is 31.1. The second kappa shape index (κ2) is 13.8. The molecule has 0 aliphatic rings. The van der Waals surface area contributed by atoms with Crippen molar-refractivity contribution >= 4 is 136 Å². The van der Waals surface area contributed by atoms with Crippen molar-refractivity contribution in [2.75, 3.05) is 0 Å². The molecule has 0 saturated carbocycles. The maximum atomic E-state index is 3.33. The Hall–Kier alpha value is -0.0600. The summed E-state index contributed by atoms with van der Waals surface area (Å²) in [6, 6.07) is 25.1. The van der Waals surface area contributed by atoms with Gasteiger partial charge in [-0.05, 0) is 208 Å². The van der Waals surface area contributed by atoms with Crippen LogP contribution in [0.25, 0.3) is 0 Å². The summed E-state index contributed by atoms with van der Waals surface area (Å²) >= 11 is 14.0. The largest absolute Gasteiger partial charge is 0.0616 e. The van der Waals surface area contributed by atoms with Crippen molar-refractivity contribution in [1.29, 1.82) is 0 Å². The van der Waals surface area contributed by atoms with Gasteiger partial charge in [0.25, 0.3) is 0 Å². The van der Waals surface area contributed by atoms with E-state index in [0.29, 0.717) is 0 Å². The predicted octanol–water partition coefficient (Wildman–Crippen LogP) is 9.51. The van der Waals surface area contributed by atoms with E-state index in [4.69, 9.17) is 0 Å². The van der Waals surface area contributed by atoms with Crippen molar-refractivity contribution in [3.05, 3.63) is 128 Å². The van der Waals surface area contributed by atoms with E-state index in [9.17, 15) is 0 Å². The van der Waals surface area contributed by atoms with Crippen molar-refractivity contribution in [2.45, 2.75) is 0 Å². The highest BCUT2D eigenvalue weighted by Crippen LogP contribution is 2.17. The molecule has 174 valence electrons. The smallest absolute Gasteiger partial charge is 0.0273 e. The van der Waals surface area contributed by atoms with E-state index >= 15 is 0 Å². The van der Waals surface area contributed by atoms with E-state index in [1.165, 1.54) is 21.4 Å². The first-order chi connectivity index (χ1) is 17.2. The molecule has 0 aliphatic heterocycles. The number of benzene rings is 4. The third kappa shape index (κ3) is 9.30. The van der Waals surface area contributed by atoms with E-state index in [1.807, 2.05) is 18.2 Å². The summed E-state index contributed by atoms with van der Waals surface area (Å²) in [5, 5.41) is 0. The minimum atomic E-state index is 0.898. The van der Waals surface area contributed by atoms with Crippen LogP contribution in [-0.4, -0.2) is 0 Å². The van der Waals surface area contributed by atoms with Crippen LogP contribution < -0.4 is 0 Å². The molecule has 0 unspecified atom stereocenters. The average molecular weight is 1130 g/mol. The van der Waals surface area contributed by atoms with Crippen molar-refractivity contribution in [2.24, 2.45) is 0 Å². The van der Waals surface area contributed by atoms with Gasteiger partial charge in [0, 0.05) is 54.8 Å². The quantitative estimate of drug-likeness (QED) is 0.122. The lowest BCUT2D eigenvalue weighted by molar-refractivity contribution is 1.52. The van der Waals surface area contributed by atoms with Crippen molar-refractivity contribution in [3.63, 3.8) is 0 Å². The van der Waals surface area contributed by atoms with Gasteiger partial charge in [-0.2, -0.15) is 0 Å². The summed E-state index contributed by atoms with van der Waals surface area (Å²) in [4.78, 5) is 0. The lowest BCUT2D eigenvalue weighted by Gasteiger charge is -1.99. The van der Waals surface area contributed by atoms with E-state index in [-0.39, 0.29) is 0 Å². The molecule has 0 amide bonds. The van der Waals surface area contributed by atoms with Crippen LogP contribution in [0.5, 0.6) is 0 Å². The zero-order valence-electron chi connectivity index (χ0n) is 18.2. The molecule has 0 atom stereocenters. The first kappa shape index (κ1) is 28.9. The lowest BCUT2D eigenvalue weighted by Crippen LogP contribution is -1.87. The molecule has 4 rings (SSSR count). The van der Waals surface area contributed by atoms with Crippen LogP contribution in [0.3, 0.4) is 0 Å². The lowest BCUT2D eigenvalue weighted by atomic mass is 10.0. The average Bonchev–Trinajstić information content (AvgIpc) is 2.78. The van der Waals surface area contributed by atoms with Gasteiger partial charge in [-0.3, -0.25) is 0 Å². The minimum Gasteiger partial charge on any atom is -0.0616 e. The van der Waals surface area contributed by atoms with Crippen LogP contribution in [0.1, 0.15) is 33.4 Å². The van der Waals surface area contributed by atoms with Gasteiger partial charge in [0.15, 0.2) is 0 Å². The number of rotatable bonds is 0. The van der Waals surface area contributed by atoms with E-state index in [1.54, 1.807) is 0 Å².